The Kier molecular flexibility index (Phi) is 5.18. The van der Waals surface area contributed by atoms with Crippen LogP contribution in [-0.2, 0) is 4.74 Å². The third-order valence-corrected chi connectivity index (χ3v) is 3.98. The molecule has 2 N–H and O–H groups in total. The summed E-state index contributed by atoms with van der Waals surface area (Å²) in [5.74, 6) is 0.574. The maximum Gasteiger partial charge on any atom is 0.0513 e. The van der Waals surface area contributed by atoms with E-state index < -0.39 is 0 Å². The van der Waals surface area contributed by atoms with Crippen LogP contribution in [0.1, 0.15) is 13.3 Å². The molecule has 2 unspecified atom stereocenters. The van der Waals surface area contributed by atoms with E-state index in [-0.39, 0.29) is 5.54 Å². The molecule has 1 aliphatic rings. The summed E-state index contributed by atoms with van der Waals surface area (Å²) in [5, 5.41) is 0. The summed E-state index contributed by atoms with van der Waals surface area (Å²) in [5.41, 5.74) is 6.06. The highest BCUT2D eigenvalue weighted by molar-refractivity contribution is 4.94. The molecule has 0 aromatic carbocycles. The molecule has 0 aromatic heterocycles. The predicted molar refractivity (Wildman–Crippen MR) is 67.6 cm³/mol. The van der Waals surface area contributed by atoms with E-state index in [4.69, 9.17) is 10.5 Å². The second-order valence-corrected chi connectivity index (χ2v) is 5.35. The number of rotatable bonds is 6. The highest BCUT2D eigenvalue weighted by atomic mass is 16.5. The standard InChI is InChI=1S/C12H27N3O/c1-12(10-13,11-5-8-16-9-11)15(4)7-6-14(2)3/h11H,5-10,13H2,1-4H3. The van der Waals surface area contributed by atoms with Crippen LogP contribution in [0, 0.1) is 5.92 Å². The lowest BCUT2D eigenvalue weighted by atomic mass is 9.83. The summed E-state index contributed by atoms with van der Waals surface area (Å²) in [6.45, 7) is 6.84. The summed E-state index contributed by atoms with van der Waals surface area (Å²) >= 11 is 0. The topological polar surface area (TPSA) is 41.7 Å². The molecule has 0 radical (unpaired) electrons. The first kappa shape index (κ1) is 13.9. The van der Waals surface area contributed by atoms with Gasteiger partial charge in [0, 0.05) is 37.7 Å². The molecule has 1 aliphatic heterocycles. The van der Waals surface area contributed by atoms with Crippen LogP contribution >= 0.6 is 0 Å². The van der Waals surface area contributed by atoms with E-state index in [1.165, 1.54) is 0 Å². The Morgan fingerprint density at radius 2 is 2.00 bits per heavy atom. The first-order valence-corrected chi connectivity index (χ1v) is 6.14. The van der Waals surface area contributed by atoms with E-state index in [2.05, 4.69) is 37.9 Å². The van der Waals surface area contributed by atoms with Gasteiger partial charge in [-0.15, -0.1) is 0 Å². The van der Waals surface area contributed by atoms with Crippen molar-refractivity contribution in [2.75, 3.05) is 54.0 Å². The fourth-order valence-electron chi connectivity index (χ4n) is 2.26. The largest absolute Gasteiger partial charge is 0.381 e. The van der Waals surface area contributed by atoms with E-state index >= 15 is 0 Å². The third kappa shape index (κ3) is 3.17. The van der Waals surface area contributed by atoms with Crippen LogP contribution in [0.25, 0.3) is 0 Å². The minimum atomic E-state index is 0.0759. The van der Waals surface area contributed by atoms with Crippen molar-refractivity contribution in [3.63, 3.8) is 0 Å². The van der Waals surface area contributed by atoms with Gasteiger partial charge in [-0.3, -0.25) is 4.90 Å². The average Bonchev–Trinajstić information content (AvgIpc) is 2.78. The summed E-state index contributed by atoms with van der Waals surface area (Å²) in [6.07, 6.45) is 1.14. The van der Waals surface area contributed by atoms with Crippen LogP contribution in [0.4, 0.5) is 0 Å². The van der Waals surface area contributed by atoms with Gasteiger partial charge >= 0.3 is 0 Å². The molecular formula is C12H27N3O. The quantitative estimate of drug-likeness (QED) is 0.708. The van der Waals surface area contributed by atoms with E-state index in [1.807, 2.05) is 0 Å². The molecule has 0 bridgehead atoms. The van der Waals surface area contributed by atoms with Gasteiger partial charge in [-0.05, 0) is 34.5 Å². The monoisotopic (exact) mass is 229 g/mol. The van der Waals surface area contributed by atoms with Gasteiger partial charge in [0.2, 0.25) is 0 Å². The van der Waals surface area contributed by atoms with Crippen molar-refractivity contribution in [1.82, 2.24) is 9.80 Å². The van der Waals surface area contributed by atoms with Gasteiger partial charge in [0.25, 0.3) is 0 Å². The molecule has 96 valence electrons. The Morgan fingerprint density at radius 1 is 1.31 bits per heavy atom. The third-order valence-electron chi connectivity index (χ3n) is 3.98. The number of nitrogens with two attached hydrogens (primary N) is 1. The molecule has 0 spiro atoms. The molecular weight excluding hydrogens is 202 g/mol. The molecule has 1 rings (SSSR count). The predicted octanol–water partition coefficient (Wildman–Crippen LogP) is 0.234. The summed E-state index contributed by atoms with van der Waals surface area (Å²) < 4.78 is 5.49. The second-order valence-electron chi connectivity index (χ2n) is 5.35. The van der Waals surface area contributed by atoms with Gasteiger partial charge in [-0.2, -0.15) is 0 Å². The number of hydrogen-bond acceptors (Lipinski definition) is 4. The Hall–Kier alpha value is -0.160. The normalized spacial score (nSPS) is 25.3. The van der Waals surface area contributed by atoms with Crippen molar-refractivity contribution >= 4 is 0 Å². The van der Waals surface area contributed by atoms with Crippen LogP contribution in [0.5, 0.6) is 0 Å². The maximum absolute atomic E-state index is 5.98. The van der Waals surface area contributed by atoms with Crippen LogP contribution < -0.4 is 5.73 Å². The molecule has 1 fully saturated rings. The molecule has 0 aromatic rings. The smallest absolute Gasteiger partial charge is 0.0513 e. The first-order chi connectivity index (χ1) is 7.50. The van der Waals surface area contributed by atoms with Gasteiger partial charge in [-0.1, -0.05) is 0 Å². The highest BCUT2D eigenvalue weighted by Gasteiger charge is 2.38. The van der Waals surface area contributed by atoms with Crippen LogP contribution in [-0.4, -0.2) is 69.3 Å². The van der Waals surface area contributed by atoms with Crippen molar-refractivity contribution in [2.24, 2.45) is 11.7 Å². The Labute approximate surface area is 99.7 Å². The van der Waals surface area contributed by atoms with Crippen molar-refractivity contribution in [1.29, 1.82) is 0 Å². The molecule has 0 amide bonds. The average molecular weight is 229 g/mol. The molecule has 4 nitrogen and oxygen atoms in total. The fraction of sp³-hybridized carbons (Fsp3) is 1.00. The minimum Gasteiger partial charge on any atom is -0.381 e. The van der Waals surface area contributed by atoms with Gasteiger partial charge in [0.05, 0.1) is 6.61 Å². The van der Waals surface area contributed by atoms with E-state index in [9.17, 15) is 0 Å². The minimum absolute atomic E-state index is 0.0759. The lowest BCUT2D eigenvalue weighted by Gasteiger charge is -2.42. The zero-order valence-corrected chi connectivity index (χ0v) is 11.2. The van der Waals surface area contributed by atoms with Gasteiger partial charge in [0.1, 0.15) is 0 Å². The molecule has 16 heavy (non-hydrogen) atoms. The van der Waals surface area contributed by atoms with Crippen LogP contribution in [0.3, 0.4) is 0 Å². The van der Waals surface area contributed by atoms with Gasteiger partial charge in [-0.25, -0.2) is 0 Å². The molecule has 0 aliphatic carbocycles. The van der Waals surface area contributed by atoms with Crippen LogP contribution in [0.15, 0.2) is 0 Å². The number of nitrogens with zero attached hydrogens (tertiary/aromatic N) is 2. The number of ether oxygens (including phenoxy) is 1. The Bertz CT molecular complexity index is 204. The molecule has 1 heterocycles. The first-order valence-electron chi connectivity index (χ1n) is 6.14. The number of likely N-dealkylation sites (N-methyl/N-ethyl adjacent to an activating group) is 2. The van der Waals surface area contributed by atoms with Crippen molar-refractivity contribution in [2.45, 2.75) is 18.9 Å². The van der Waals surface area contributed by atoms with E-state index in [0.717, 1.165) is 32.7 Å². The summed E-state index contributed by atoms with van der Waals surface area (Å²) in [4.78, 5) is 4.60. The van der Waals surface area contributed by atoms with Crippen LogP contribution in [0.2, 0.25) is 0 Å². The molecule has 4 heteroatoms. The fourth-order valence-corrected chi connectivity index (χ4v) is 2.26. The Morgan fingerprint density at radius 3 is 2.44 bits per heavy atom. The lowest BCUT2D eigenvalue weighted by Crippen LogP contribution is -2.56. The summed E-state index contributed by atoms with van der Waals surface area (Å²) in [6, 6.07) is 0. The zero-order valence-electron chi connectivity index (χ0n) is 11.2. The zero-order chi connectivity index (χ0) is 12.2. The second kappa shape index (κ2) is 5.96. The lowest BCUT2D eigenvalue weighted by molar-refractivity contribution is 0.0620. The van der Waals surface area contributed by atoms with Crippen molar-refractivity contribution in [3.8, 4) is 0 Å². The maximum atomic E-state index is 5.98. The molecule has 0 saturated carbocycles. The molecule has 2 atom stereocenters. The van der Waals surface area contributed by atoms with Crippen molar-refractivity contribution < 1.29 is 4.74 Å². The molecule has 1 saturated heterocycles. The SMILES string of the molecule is CN(C)CCN(C)C(C)(CN)C1CCOC1. The van der Waals surface area contributed by atoms with Crippen molar-refractivity contribution in [3.05, 3.63) is 0 Å². The Balaban J connectivity index is 2.55. The summed E-state index contributed by atoms with van der Waals surface area (Å²) in [7, 11) is 6.38. The van der Waals surface area contributed by atoms with E-state index in [0.29, 0.717) is 12.5 Å². The number of hydrogen-bond donors (Lipinski definition) is 1. The van der Waals surface area contributed by atoms with E-state index in [1.54, 1.807) is 0 Å². The van der Waals surface area contributed by atoms with Gasteiger partial charge < -0.3 is 15.4 Å². The highest BCUT2D eigenvalue weighted by Crippen LogP contribution is 2.29. The van der Waals surface area contributed by atoms with Gasteiger partial charge in [0.15, 0.2) is 0 Å².